The van der Waals surface area contributed by atoms with Gasteiger partial charge >= 0.3 is 0 Å². The quantitative estimate of drug-likeness (QED) is 0.767. The summed E-state index contributed by atoms with van der Waals surface area (Å²) in [6.07, 6.45) is 2.28. The molecule has 1 aliphatic rings. The SMILES string of the molecule is O=C(NC[C@@H]1CCCO1)c1ccc(CSc2ccc(Cl)cc2)cc1. The molecule has 1 N–H and O–H groups in total. The van der Waals surface area contributed by atoms with Crippen LogP contribution in [0.4, 0.5) is 0 Å². The second-order valence-corrected chi connectivity index (χ2v) is 7.27. The van der Waals surface area contributed by atoms with Crippen LogP contribution < -0.4 is 5.32 Å². The molecular weight excluding hydrogens is 342 g/mol. The van der Waals surface area contributed by atoms with Crippen LogP contribution in [0.25, 0.3) is 0 Å². The highest BCUT2D eigenvalue weighted by molar-refractivity contribution is 7.98. The second-order valence-electron chi connectivity index (χ2n) is 5.78. The molecule has 0 saturated carbocycles. The fraction of sp³-hybridized carbons (Fsp3) is 0.316. The summed E-state index contributed by atoms with van der Waals surface area (Å²) in [4.78, 5) is 13.3. The molecule has 24 heavy (non-hydrogen) atoms. The van der Waals surface area contributed by atoms with E-state index in [0.717, 1.165) is 30.2 Å². The molecule has 0 radical (unpaired) electrons. The highest BCUT2D eigenvalue weighted by atomic mass is 35.5. The van der Waals surface area contributed by atoms with Gasteiger partial charge in [0.25, 0.3) is 5.91 Å². The van der Waals surface area contributed by atoms with Crippen LogP contribution >= 0.6 is 23.4 Å². The molecule has 1 aliphatic heterocycles. The van der Waals surface area contributed by atoms with Gasteiger partial charge in [-0.1, -0.05) is 23.7 Å². The second kappa shape index (κ2) is 8.56. The van der Waals surface area contributed by atoms with E-state index in [4.69, 9.17) is 16.3 Å². The van der Waals surface area contributed by atoms with Gasteiger partial charge in [0.15, 0.2) is 0 Å². The lowest BCUT2D eigenvalue weighted by molar-refractivity contribution is 0.0858. The van der Waals surface area contributed by atoms with Gasteiger partial charge in [-0.25, -0.2) is 0 Å². The number of carbonyl (C=O) groups is 1. The molecule has 0 spiro atoms. The van der Waals surface area contributed by atoms with Gasteiger partial charge < -0.3 is 10.1 Å². The van der Waals surface area contributed by atoms with Crippen molar-refractivity contribution >= 4 is 29.3 Å². The van der Waals surface area contributed by atoms with Crippen LogP contribution in [0, 0.1) is 0 Å². The Morgan fingerprint density at radius 3 is 2.58 bits per heavy atom. The van der Waals surface area contributed by atoms with Crippen molar-refractivity contribution in [3.8, 4) is 0 Å². The molecule has 3 nitrogen and oxygen atoms in total. The van der Waals surface area contributed by atoms with Crippen LogP contribution in [-0.2, 0) is 10.5 Å². The van der Waals surface area contributed by atoms with Gasteiger partial charge in [-0.05, 0) is 54.8 Å². The Kier molecular flexibility index (Phi) is 6.18. The summed E-state index contributed by atoms with van der Waals surface area (Å²) >= 11 is 7.64. The first-order chi connectivity index (χ1) is 11.7. The topological polar surface area (TPSA) is 38.3 Å². The summed E-state index contributed by atoms with van der Waals surface area (Å²) in [6, 6.07) is 15.6. The fourth-order valence-corrected chi connectivity index (χ4v) is 3.54. The molecule has 1 atom stereocenters. The predicted molar refractivity (Wildman–Crippen MR) is 98.8 cm³/mol. The number of hydrogen-bond acceptors (Lipinski definition) is 3. The molecule has 1 fully saturated rings. The zero-order valence-electron chi connectivity index (χ0n) is 13.3. The van der Waals surface area contributed by atoms with Gasteiger partial charge in [-0.15, -0.1) is 11.8 Å². The summed E-state index contributed by atoms with van der Waals surface area (Å²) < 4.78 is 5.51. The van der Waals surface area contributed by atoms with Crippen LogP contribution in [0.5, 0.6) is 0 Å². The minimum atomic E-state index is -0.0394. The number of thioether (sulfide) groups is 1. The number of nitrogens with one attached hydrogen (secondary N) is 1. The van der Waals surface area contributed by atoms with E-state index in [0.29, 0.717) is 12.1 Å². The van der Waals surface area contributed by atoms with Gasteiger partial charge in [-0.3, -0.25) is 4.79 Å². The van der Waals surface area contributed by atoms with Crippen molar-refractivity contribution in [2.24, 2.45) is 0 Å². The van der Waals surface area contributed by atoms with Crippen molar-refractivity contribution in [3.63, 3.8) is 0 Å². The van der Waals surface area contributed by atoms with E-state index in [-0.39, 0.29) is 12.0 Å². The summed E-state index contributed by atoms with van der Waals surface area (Å²) in [5.74, 6) is 0.821. The molecule has 0 bridgehead atoms. The zero-order chi connectivity index (χ0) is 16.8. The predicted octanol–water partition coefficient (Wildman–Crippen LogP) is 4.54. The molecule has 2 aromatic rings. The molecule has 1 heterocycles. The molecule has 5 heteroatoms. The Morgan fingerprint density at radius 1 is 1.17 bits per heavy atom. The van der Waals surface area contributed by atoms with E-state index in [1.165, 1.54) is 10.5 Å². The Bertz CT molecular complexity index is 667. The third-order valence-corrected chi connectivity index (χ3v) is 5.28. The summed E-state index contributed by atoms with van der Waals surface area (Å²) in [7, 11) is 0. The summed E-state index contributed by atoms with van der Waals surface area (Å²) in [5, 5.41) is 3.69. The number of rotatable bonds is 6. The molecule has 1 saturated heterocycles. The molecule has 126 valence electrons. The molecular formula is C19H20ClNO2S. The molecule has 2 aromatic carbocycles. The van der Waals surface area contributed by atoms with Crippen molar-refractivity contribution in [1.82, 2.24) is 5.32 Å². The minimum absolute atomic E-state index is 0.0394. The van der Waals surface area contributed by atoms with E-state index in [1.54, 1.807) is 11.8 Å². The van der Waals surface area contributed by atoms with Crippen molar-refractivity contribution < 1.29 is 9.53 Å². The lowest BCUT2D eigenvalue weighted by Gasteiger charge is -2.11. The van der Waals surface area contributed by atoms with Gasteiger partial charge in [0.05, 0.1) is 6.10 Å². The Balaban J connectivity index is 1.48. The average Bonchev–Trinajstić information content (AvgIpc) is 3.13. The highest BCUT2D eigenvalue weighted by Gasteiger charge is 2.16. The lowest BCUT2D eigenvalue weighted by atomic mass is 10.1. The average molecular weight is 362 g/mol. The molecule has 3 rings (SSSR count). The zero-order valence-corrected chi connectivity index (χ0v) is 14.9. The first-order valence-corrected chi connectivity index (χ1v) is 9.44. The third kappa shape index (κ3) is 5.00. The summed E-state index contributed by atoms with van der Waals surface area (Å²) in [5.41, 5.74) is 1.87. The summed E-state index contributed by atoms with van der Waals surface area (Å²) in [6.45, 7) is 1.40. The Labute approximate surface area is 151 Å². The maximum Gasteiger partial charge on any atom is 0.251 e. The normalized spacial score (nSPS) is 17.0. The molecule has 0 aromatic heterocycles. The smallest absolute Gasteiger partial charge is 0.251 e. The van der Waals surface area contributed by atoms with Crippen LogP contribution in [0.1, 0.15) is 28.8 Å². The number of hydrogen-bond donors (Lipinski definition) is 1. The largest absolute Gasteiger partial charge is 0.376 e. The maximum atomic E-state index is 12.1. The minimum Gasteiger partial charge on any atom is -0.376 e. The van der Waals surface area contributed by atoms with Crippen LogP contribution in [0.2, 0.25) is 5.02 Å². The lowest BCUT2D eigenvalue weighted by Crippen LogP contribution is -2.31. The Morgan fingerprint density at radius 2 is 1.92 bits per heavy atom. The van der Waals surface area contributed by atoms with Crippen molar-refractivity contribution in [2.45, 2.75) is 29.6 Å². The van der Waals surface area contributed by atoms with E-state index < -0.39 is 0 Å². The van der Waals surface area contributed by atoms with Gasteiger partial charge in [0.2, 0.25) is 0 Å². The molecule has 1 amide bonds. The van der Waals surface area contributed by atoms with Crippen molar-refractivity contribution in [3.05, 3.63) is 64.7 Å². The third-order valence-electron chi connectivity index (χ3n) is 3.95. The van der Waals surface area contributed by atoms with Crippen LogP contribution in [-0.4, -0.2) is 25.2 Å². The standard InChI is InChI=1S/C19H20ClNO2S/c20-16-7-9-18(10-8-16)24-13-14-3-5-15(6-4-14)19(22)21-12-17-2-1-11-23-17/h3-10,17H,1-2,11-13H2,(H,21,22)/t17-/m0/s1. The number of halogens is 1. The number of benzene rings is 2. The fourth-order valence-electron chi connectivity index (χ4n) is 2.56. The number of amides is 1. The number of ether oxygens (including phenoxy) is 1. The first-order valence-electron chi connectivity index (χ1n) is 8.08. The monoisotopic (exact) mass is 361 g/mol. The van der Waals surface area contributed by atoms with E-state index in [2.05, 4.69) is 5.32 Å². The first kappa shape index (κ1) is 17.3. The Hall–Kier alpha value is -1.49. The van der Waals surface area contributed by atoms with Gasteiger partial charge in [0, 0.05) is 34.4 Å². The van der Waals surface area contributed by atoms with Gasteiger partial charge in [0.1, 0.15) is 0 Å². The van der Waals surface area contributed by atoms with Crippen molar-refractivity contribution in [1.29, 1.82) is 0 Å². The van der Waals surface area contributed by atoms with Crippen molar-refractivity contribution in [2.75, 3.05) is 13.2 Å². The number of carbonyl (C=O) groups excluding carboxylic acids is 1. The molecule has 0 aliphatic carbocycles. The van der Waals surface area contributed by atoms with Crippen LogP contribution in [0.3, 0.4) is 0 Å². The van der Waals surface area contributed by atoms with E-state index in [1.807, 2.05) is 48.5 Å². The highest BCUT2D eigenvalue weighted by Crippen LogP contribution is 2.24. The van der Waals surface area contributed by atoms with Crippen LogP contribution in [0.15, 0.2) is 53.4 Å². The maximum absolute atomic E-state index is 12.1. The van der Waals surface area contributed by atoms with Gasteiger partial charge in [-0.2, -0.15) is 0 Å². The van der Waals surface area contributed by atoms with E-state index in [9.17, 15) is 4.79 Å². The molecule has 0 unspecified atom stereocenters. The van der Waals surface area contributed by atoms with E-state index >= 15 is 0 Å².